The van der Waals surface area contributed by atoms with Crippen molar-refractivity contribution in [3.05, 3.63) is 48.0 Å². The van der Waals surface area contributed by atoms with E-state index in [9.17, 15) is 4.39 Å². The van der Waals surface area contributed by atoms with Gasteiger partial charge in [0, 0.05) is 7.12 Å². The van der Waals surface area contributed by atoms with Crippen molar-refractivity contribution in [2.45, 2.75) is 13.8 Å². The van der Waals surface area contributed by atoms with Crippen LogP contribution < -0.4 is 5.73 Å². The van der Waals surface area contributed by atoms with Gasteiger partial charge in [-0.1, -0.05) is 19.2 Å². The third kappa shape index (κ3) is 3.19. The monoisotopic (exact) mass is 169 g/mol. The number of halogens is 1. The van der Waals surface area contributed by atoms with E-state index in [4.69, 9.17) is 5.73 Å². The Kier molecular flexibility index (Phi) is 4.05. The third-order valence-corrected chi connectivity index (χ3v) is 1.38. The van der Waals surface area contributed by atoms with Gasteiger partial charge in [-0.3, -0.25) is 0 Å². The van der Waals surface area contributed by atoms with Gasteiger partial charge in [0.1, 0.15) is 5.83 Å². The second kappa shape index (κ2) is 4.54. The molecule has 0 aliphatic rings. The first kappa shape index (κ1) is 10.7. The van der Waals surface area contributed by atoms with E-state index in [0.29, 0.717) is 16.8 Å². The summed E-state index contributed by atoms with van der Waals surface area (Å²) in [5.74, 6) is -0.324. The summed E-state index contributed by atoms with van der Waals surface area (Å²) in [5, 5.41) is 0. The highest BCUT2D eigenvalue weighted by molar-refractivity contribution is 5.38. The van der Waals surface area contributed by atoms with Crippen LogP contribution in [-0.4, -0.2) is 0 Å². The van der Waals surface area contributed by atoms with E-state index in [-0.39, 0.29) is 7.25 Å². The Balaban J connectivity index is 0. The molecule has 0 radical (unpaired) electrons. The van der Waals surface area contributed by atoms with Gasteiger partial charge in [-0.25, -0.2) is 4.39 Å². The maximum atomic E-state index is 12.9. The summed E-state index contributed by atoms with van der Waals surface area (Å²) in [6.45, 7) is 10.4. The van der Waals surface area contributed by atoms with Gasteiger partial charge < -0.3 is 5.73 Å². The van der Waals surface area contributed by atoms with Crippen LogP contribution in [-0.2, 0) is 0 Å². The number of nitrogens with two attached hydrogens (primary N) is 1. The number of allylic oxidation sites excluding steroid dienone is 4. The van der Waals surface area contributed by atoms with Gasteiger partial charge >= 0.3 is 0 Å². The van der Waals surface area contributed by atoms with Gasteiger partial charge in [0.2, 0.25) is 0 Å². The Hall–Kier alpha value is -1.31. The summed E-state index contributed by atoms with van der Waals surface area (Å²) in [6.07, 6.45) is 2.74. The lowest BCUT2D eigenvalue weighted by Gasteiger charge is -1.99. The van der Waals surface area contributed by atoms with Gasteiger partial charge in [0.15, 0.2) is 0 Å². The highest BCUT2D eigenvalue weighted by Crippen LogP contribution is 2.11. The van der Waals surface area contributed by atoms with E-state index in [1.165, 1.54) is 12.2 Å². The topological polar surface area (TPSA) is 26.0 Å². The summed E-state index contributed by atoms with van der Waals surface area (Å²) in [7, 11) is 0. The van der Waals surface area contributed by atoms with Crippen LogP contribution in [0.2, 0.25) is 0 Å². The first-order valence-electron chi connectivity index (χ1n) is 3.61. The Morgan fingerprint density at radius 2 is 2.00 bits per heavy atom. The Morgan fingerprint density at radius 3 is 2.33 bits per heavy atom. The predicted octanol–water partition coefficient (Wildman–Crippen LogP) is 3.08. The molecule has 0 spiro atoms. The van der Waals surface area contributed by atoms with Crippen LogP contribution in [0.4, 0.5) is 4.39 Å². The summed E-state index contributed by atoms with van der Waals surface area (Å²) in [4.78, 5) is 0. The van der Waals surface area contributed by atoms with Crippen LogP contribution in [0.15, 0.2) is 48.0 Å². The van der Waals surface area contributed by atoms with Crippen molar-refractivity contribution in [1.82, 2.24) is 0 Å². The average Bonchev–Trinajstić information content (AvgIpc) is 2.02. The van der Waals surface area contributed by atoms with Gasteiger partial charge in [-0.05, 0) is 31.1 Å². The highest BCUT2D eigenvalue weighted by Gasteiger charge is 1.96. The zero-order valence-corrected chi connectivity index (χ0v) is 7.52. The molecular weight excluding hydrogens is 153 g/mol. The molecule has 0 bridgehead atoms. The second-order valence-corrected chi connectivity index (χ2v) is 2.68. The van der Waals surface area contributed by atoms with E-state index >= 15 is 0 Å². The molecule has 1 nitrogen and oxygen atoms in total. The van der Waals surface area contributed by atoms with Crippen LogP contribution in [0, 0.1) is 0 Å². The first-order valence-corrected chi connectivity index (χ1v) is 3.61. The second-order valence-electron chi connectivity index (χ2n) is 2.68. The van der Waals surface area contributed by atoms with Crippen LogP contribution in [0.5, 0.6) is 0 Å². The molecule has 0 unspecified atom stereocenters. The largest absolute Gasteiger partial charge is 0.398 e. The normalized spacial score (nSPS) is 10.8. The molecule has 2 heteroatoms. The maximum absolute atomic E-state index is 12.9. The van der Waals surface area contributed by atoms with Crippen LogP contribution in [0.25, 0.3) is 0 Å². The Labute approximate surface area is 74.3 Å². The van der Waals surface area contributed by atoms with Crippen LogP contribution >= 0.6 is 0 Å². The van der Waals surface area contributed by atoms with Crippen molar-refractivity contribution in [3.63, 3.8) is 0 Å². The predicted molar refractivity (Wildman–Crippen MR) is 53.2 cm³/mol. The minimum Gasteiger partial charge on any atom is -0.398 e. The van der Waals surface area contributed by atoms with Gasteiger partial charge in [0.25, 0.3) is 0 Å². The van der Waals surface area contributed by atoms with Crippen molar-refractivity contribution < 1.29 is 5.82 Å². The minimum absolute atomic E-state index is 0. The number of hydrogen-bond acceptors (Lipinski definition) is 1. The molecule has 0 rings (SSSR count). The van der Waals surface area contributed by atoms with Crippen LogP contribution in [0.1, 0.15) is 15.3 Å². The zero-order chi connectivity index (χ0) is 9.72. The summed E-state index contributed by atoms with van der Waals surface area (Å²) >= 11 is 0. The fraction of sp³-hybridized carbons (Fsp3) is 0.200. The molecule has 0 saturated carbocycles. The molecule has 0 aliphatic heterocycles. The molecule has 0 atom stereocenters. The Bertz CT molecular complexity index is 260. The first-order chi connectivity index (χ1) is 5.49. The molecule has 0 aliphatic carbocycles. The average molecular weight is 169 g/mol. The van der Waals surface area contributed by atoms with Crippen molar-refractivity contribution >= 4 is 0 Å². The minimum atomic E-state index is -0.324. The van der Waals surface area contributed by atoms with Crippen molar-refractivity contribution in [2.75, 3.05) is 0 Å². The molecule has 0 saturated heterocycles. The molecular formula is C10H16FN. The molecule has 0 fully saturated rings. The molecule has 0 amide bonds. The highest BCUT2D eigenvalue weighted by atomic mass is 19.1. The van der Waals surface area contributed by atoms with E-state index in [1.807, 2.05) is 0 Å². The molecule has 68 valence electrons. The van der Waals surface area contributed by atoms with Crippen LogP contribution in [0.3, 0.4) is 0 Å². The fourth-order valence-electron chi connectivity index (χ4n) is 0.491. The lowest BCUT2D eigenvalue weighted by molar-refractivity contribution is 0.652. The third-order valence-electron chi connectivity index (χ3n) is 1.38. The molecule has 0 aromatic rings. The molecule has 2 N–H and O–H groups in total. The smallest absolute Gasteiger partial charge is 0.123 e. The van der Waals surface area contributed by atoms with Gasteiger partial charge in [-0.15, -0.1) is 0 Å². The van der Waals surface area contributed by atoms with Gasteiger partial charge in [0.05, 0.1) is 0 Å². The number of rotatable bonds is 3. The van der Waals surface area contributed by atoms with Gasteiger partial charge in [-0.2, -0.15) is 0 Å². The quantitative estimate of drug-likeness (QED) is 0.645. The molecule has 0 aromatic heterocycles. The zero-order valence-electron chi connectivity index (χ0n) is 7.52. The molecule has 0 aromatic carbocycles. The van der Waals surface area contributed by atoms with Crippen molar-refractivity contribution in [2.24, 2.45) is 5.73 Å². The lowest BCUT2D eigenvalue weighted by atomic mass is 10.2. The summed E-state index contributed by atoms with van der Waals surface area (Å²) in [6, 6.07) is 0. The maximum Gasteiger partial charge on any atom is 0.123 e. The van der Waals surface area contributed by atoms with Crippen molar-refractivity contribution in [3.8, 4) is 0 Å². The van der Waals surface area contributed by atoms with E-state index < -0.39 is 0 Å². The molecule has 12 heavy (non-hydrogen) atoms. The summed E-state index contributed by atoms with van der Waals surface area (Å²) in [5.41, 5.74) is 6.92. The van der Waals surface area contributed by atoms with E-state index in [2.05, 4.69) is 13.2 Å². The SMILES string of the molecule is C=CC(=C)/C(N)=C\C(F)=C(C)C.[HH]. The van der Waals surface area contributed by atoms with E-state index in [0.717, 1.165) is 0 Å². The lowest BCUT2D eigenvalue weighted by Crippen LogP contribution is -1.98. The number of hydrogen-bond donors (Lipinski definition) is 1. The summed E-state index contributed by atoms with van der Waals surface area (Å²) < 4.78 is 12.9. The standard InChI is InChI=1S/C10H14FN.H2/c1-5-8(4)10(12)6-9(11)7(2)3;/h5-6H,1,4,12H2,2-3H3;1H/b10-6+;. The Morgan fingerprint density at radius 1 is 1.50 bits per heavy atom. The molecule has 0 heterocycles. The van der Waals surface area contributed by atoms with E-state index in [1.54, 1.807) is 13.8 Å². The van der Waals surface area contributed by atoms with Crippen molar-refractivity contribution in [1.29, 1.82) is 0 Å². The fourth-order valence-corrected chi connectivity index (χ4v) is 0.491.